The Bertz CT molecular complexity index is 914. The van der Waals surface area contributed by atoms with Crippen LogP contribution in [0.1, 0.15) is 12.0 Å². The van der Waals surface area contributed by atoms with Gasteiger partial charge in [-0.15, -0.1) is 0 Å². The summed E-state index contributed by atoms with van der Waals surface area (Å²) in [4.78, 5) is 37.3. The maximum Gasteiger partial charge on any atom is 0.308 e. The van der Waals surface area contributed by atoms with Gasteiger partial charge in [0.1, 0.15) is 18.1 Å². The van der Waals surface area contributed by atoms with E-state index in [2.05, 4.69) is 5.32 Å². The molecule has 1 aliphatic heterocycles. The molecule has 0 saturated carbocycles. The summed E-state index contributed by atoms with van der Waals surface area (Å²) in [5, 5.41) is 2.63. The van der Waals surface area contributed by atoms with Crippen LogP contribution in [0.4, 0.5) is 5.69 Å². The van der Waals surface area contributed by atoms with Gasteiger partial charge in [0.2, 0.25) is 0 Å². The van der Waals surface area contributed by atoms with Gasteiger partial charge in [-0.2, -0.15) is 0 Å². The number of aryl methyl sites for hydroxylation is 1. The van der Waals surface area contributed by atoms with Crippen LogP contribution in [-0.4, -0.2) is 50.7 Å². The van der Waals surface area contributed by atoms with Crippen molar-refractivity contribution in [1.82, 2.24) is 5.32 Å². The lowest BCUT2D eigenvalue weighted by atomic mass is 10.2. The maximum absolute atomic E-state index is 12.1. The van der Waals surface area contributed by atoms with Crippen molar-refractivity contribution in [3.63, 3.8) is 0 Å². The first kappa shape index (κ1) is 21.2. The van der Waals surface area contributed by atoms with Gasteiger partial charge in [-0.3, -0.25) is 14.4 Å². The van der Waals surface area contributed by atoms with Gasteiger partial charge < -0.3 is 24.4 Å². The molecule has 8 heteroatoms. The lowest BCUT2D eigenvalue weighted by Crippen LogP contribution is -2.40. The second kappa shape index (κ2) is 10.3. The maximum atomic E-state index is 12.1. The summed E-state index contributed by atoms with van der Waals surface area (Å²) >= 11 is 0. The molecule has 0 saturated heterocycles. The van der Waals surface area contributed by atoms with Crippen molar-refractivity contribution >= 4 is 23.5 Å². The van der Waals surface area contributed by atoms with E-state index in [9.17, 15) is 14.4 Å². The number of hydrogen-bond donors (Lipinski definition) is 1. The van der Waals surface area contributed by atoms with Gasteiger partial charge in [0.05, 0.1) is 18.7 Å². The molecule has 0 radical (unpaired) electrons. The number of anilines is 1. The van der Waals surface area contributed by atoms with Gasteiger partial charge in [0.15, 0.2) is 13.2 Å². The molecule has 0 fully saturated rings. The molecule has 0 atom stereocenters. The van der Waals surface area contributed by atoms with Crippen LogP contribution in [0.15, 0.2) is 48.5 Å². The van der Waals surface area contributed by atoms with Crippen molar-refractivity contribution in [3.8, 4) is 11.5 Å². The third-order valence-corrected chi connectivity index (χ3v) is 4.39. The van der Waals surface area contributed by atoms with Gasteiger partial charge >= 0.3 is 5.97 Å². The van der Waals surface area contributed by atoms with E-state index in [1.807, 2.05) is 37.3 Å². The van der Waals surface area contributed by atoms with Gasteiger partial charge in [0.25, 0.3) is 11.8 Å². The number of esters is 1. The van der Waals surface area contributed by atoms with Gasteiger partial charge in [0, 0.05) is 6.54 Å². The number of carbonyl (C=O) groups is 3. The van der Waals surface area contributed by atoms with Crippen molar-refractivity contribution in [2.45, 2.75) is 13.3 Å². The Hall–Kier alpha value is -3.55. The van der Waals surface area contributed by atoms with E-state index in [-0.39, 0.29) is 32.1 Å². The normalized spacial score (nSPS) is 12.6. The molecule has 2 aromatic rings. The summed E-state index contributed by atoms with van der Waals surface area (Å²) in [5.74, 6) is 0.127. The molecule has 1 aliphatic rings. The molecule has 1 heterocycles. The van der Waals surface area contributed by atoms with Gasteiger partial charge in [-0.05, 0) is 36.8 Å². The first-order valence-electron chi connectivity index (χ1n) is 9.67. The fraction of sp³-hybridized carbons (Fsp3) is 0.318. The first-order chi connectivity index (χ1) is 14.5. The molecule has 0 aromatic heterocycles. The van der Waals surface area contributed by atoms with Crippen LogP contribution in [0.25, 0.3) is 0 Å². The number of hydrogen-bond acceptors (Lipinski definition) is 6. The van der Waals surface area contributed by atoms with E-state index in [0.717, 1.165) is 11.3 Å². The van der Waals surface area contributed by atoms with Crippen molar-refractivity contribution in [2.75, 3.05) is 37.8 Å². The Morgan fingerprint density at radius 1 is 1.17 bits per heavy atom. The standard InChI is InChI=1S/C22H24N2O6/c1-16-5-4-6-17(13-16)28-12-10-23-20(25)14-30-22(27)9-11-24-18-7-2-3-8-19(18)29-15-21(24)26/h2-8,13H,9-12,14-15H2,1H3,(H,23,25). The lowest BCUT2D eigenvalue weighted by Gasteiger charge is -2.28. The second-order valence-corrected chi connectivity index (χ2v) is 6.73. The smallest absolute Gasteiger partial charge is 0.308 e. The topological polar surface area (TPSA) is 94.2 Å². The molecule has 30 heavy (non-hydrogen) atoms. The van der Waals surface area contributed by atoms with E-state index in [4.69, 9.17) is 14.2 Å². The van der Waals surface area contributed by atoms with Crippen LogP contribution in [0, 0.1) is 6.92 Å². The number of benzene rings is 2. The molecule has 1 N–H and O–H groups in total. The first-order valence-corrected chi connectivity index (χ1v) is 9.67. The summed E-state index contributed by atoms with van der Waals surface area (Å²) in [6.45, 7) is 2.28. The third-order valence-electron chi connectivity index (χ3n) is 4.39. The highest BCUT2D eigenvalue weighted by molar-refractivity contribution is 5.98. The summed E-state index contributed by atoms with van der Waals surface area (Å²) in [7, 11) is 0. The summed E-state index contributed by atoms with van der Waals surface area (Å²) in [6, 6.07) is 14.7. The molecular formula is C22H24N2O6. The molecular weight excluding hydrogens is 388 g/mol. The molecule has 0 unspecified atom stereocenters. The van der Waals surface area contributed by atoms with E-state index in [1.165, 1.54) is 4.90 Å². The van der Waals surface area contributed by atoms with Crippen LogP contribution in [0.3, 0.4) is 0 Å². The Balaban J connectivity index is 1.33. The molecule has 0 spiro atoms. The van der Waals surface area contributed by atoms with Crippen LogP contribution in [0.5, 0.6) is 11.5 Å². The average Bonchev–Trinajstić information content (AvgIpc) is 2.74. The van der Waals surface area contributed by atoms with Crippen molar-refractivity contribution in [3.05, 3.63) is 54.1 Å². The number of nitrogens with one attached hydrogen (secondary N) is 1. The number of carbonyl (C=O) groups excluding carboxylic acids is 3. The third kappa shape index (κ3) is 5.97. The number of nitrogens with zero attached hydrogens (tertiary/aromatic N) is 1. The molecule has 8 nitrogen and oxygen atoms in total. The monoisotopic (exact) mass is 412 g/mol. The minimum atomic E-state index is -0.557. The zero-order valence-electron chi connectivity index (χ0n) is 16.8. The highest BCUT2D eigenvalue weighted by Gasteiger charge is 2.25. The fourth-order valence-electron chi connectivity index (χ4n) is 2.94. The van der Waals surface area contributed by atoms with E-state index in [1.54, 1.807) is 18.2 Å². The van der Waals surface area contributed by atoms with Crippen molar-refractivity contribution < 1.29 is 28.6 Å². The summed E-state index contributed by atoms with van der Waals surface area (Å²) in [5.41, 5.74) is 1.71. The molecule has 0 bridgehead atoms. The Labute approximate surface area is 174 Å². The number of amides is 2. The predicted octanol–water partition coefficient (Wildman–Crippen LogP) is 1.85. The van der Waals surface area contributed by atoms with Crippen molar-refractivity contribution in [2.24, 2.45) is 0 Å². The SMILES string of the molecule is Cc1cccc(OCCNC(=O)COC(=O)CCN2C(=O)COc3ccccc32)c1. The minimum Gasteiger partial charge on any atom is -0.492 e. The van der Waals surface area contributed by atoms with Crippen LogP contribution in [0.2, 0.25) is 0 Å². The average molecular weight is 412 g/mol. The zero-order chi connectivity index (χ0) is 21.3. The highest BCUT2D eigenvalue weighted by atomic mass is 16.5. The van der Waals surface area contributed by atoms with Gasteiger partial charge in [-0.25, -0.2) is 0 Å². The van der Waals surface area contributed by atoms with Crippen LogP contribution >= 0.6 is 0 Å². The Kier molecular flexibility index (Phi) is 7.26. The number of para-hydroxylation sites is 2. The lowest BCUT2D eigenvalue weighted by molar-refractivity contribution is -0.148. The quantitative estimate of drug-likeness (QED) is 0.499. The second-order valence-electron chi connectivity index (χ2n) is 6.73. The summed E-state index contributed by atoms with van der Waals surface area (Å²) in [6.07, 6.45) is -0.0240. The Morgan fingerprint density at radius 2 is 2.00 bits per heavy atom. The van der Waals surface area contributed by atoms with E-state index in [0.29, 0.717) is 24.6 Å². The largest absolute Gasteiger partial charge is 0.492 e. The Morgan fingerprint density at radius 3 is 2.83 bits per heavy atom. The fourth-order valence-corrected chi connectivity index (χ4v) is 2.94. The number of rotatable bonds is 9. The predicted molar refractivity (Wildman–Crippen MR) is 110 cm³/mol. The molecule has 0 aliphatic carbocycles. The highest BCUT2D eigenvalue weighted by Crippen LogP contribution is 2.31. The van der Waals surface area contributed by atoms with Crippen LogP contribution in [-0.2, 0) is 19.1 Å². The molecule has 2 aromatic carbocycles. The summed E-state index contributed by atoms with van der Waals surface area (Å²) < 4.78 is 15.9. The van der Waals surface area contributed by atoms with Crippen LogP contribution < -0.4 is 19.7 Å². The van der Waals surface area contributed by atoms with Gasteiger partial charge in [-0.1, -0.05) is 24.3 Å². The van der Waals surface area contributed by atoms with E-state index < -0.39 is 11.9 Å². The minimum absolute atomic E-state index is 0.0240. The molecule has 2 amide bonds. The molecule has 3 rings (SSSR count). The number of ether oxygens (including phenoxy) is 3. The zero-order valence-corrected chi connectivity index (χ0v) is 16.8. The molecule has 158 valence electrons. The van der Waals surface area contributed by atoms with Crippen molar-refractivity contribution in [1.29, 1.82) is 0 Å². The number of fused-ring (bicyclic) bond motifs is 1. The van der Waals surface area contributed by atoms with E-state index >= 15 is 0 Å².